The van der Waals surface area contributed by atoms with Crippen LogP contribution in [-0.4, -0.2) is 7.05 Å². The van der Waals surface area contributed by atoms with Crippen LogP contribution in [0.25, 0.3) is 0 Å². The van der Waals surface area contributed by atoms with E-state index in [1.54, 1.807) is 7.05 Å². The lowest BCUT2D eigenvalue weighted by atomic mass is 10.0. The lowest BCUT2D eigenvalue weighted by Crippen LogP contribution is -2.20. The SMILES string of the molecule is CNC(Cc1ccc(Br)s1)c1ccc(F)c(F)c1F. The maximum Gasteiger partial charge on any atom is 0.194 e. The molecule has 0 aliphatic heterocycles. The second-order valence-electron chi connectivity index (χ2n) is 4.02. The first-order valence-corrected chi connectivity index (χ1v) is 7.18. The number of halogens is 4. The average Bonchev–Trinajstić information content (AvgIpc) is 2.80. The summed E-state index contributed by atoms with van der Waals surface area (Å²) in [6.45, 7) is 0. The number of hydrogen-bond acceptors (Lipinski definition) is 2. The summed E-state index contributed by atoms with van der Waals surface area (Å²) in [5.74, 6) is -3.73. The molecule has 0 saturated heterocycles. The van der Waals surface area contributed by atoms with Crippen molar-refractivity contribution in [1.82, 2.24) is 5.32 Å². The summed E-state index contributed by atoms with van der Waals surface area (Å²) < 4.78 is 40.9. The fourth-order valence-electron chi connectivity index (χ4n) is 1.84. The van der Waals surface area contributed by atoms with Crippen molar-refractivity contribution in [2.24, 2.45) is 0 Å². The lowest BCUT2D eigenvalue weighted by Gasteiger charge is -2.17. The Labute approximate surface area is 121 Å². The van der Waals surface area contributed by atoms with Gasteiger partial charge >= 0.3 is 0 Å². The van der Waals surface area contributed by atoms with Gasteiger partial charge in [-0.2, -0.15) is 0 Å². The van der Waals surface area contributed by atoms with Gasteiger partial charge in [-0.15, -0.1) is 11.3 Å². The van der Waals surface area contributed by atoms with Crippen LogP contribution in [0, 0.1) is 17.5 Å². The van der Waals surface area contributed by atoms with Crippen LogP contribution >= 0.6 is 27.3 Å². The van der Waals surface area contributed by atoms with E-state index < -0.39 is 23.5 Å². The zero-order chi connectivity index (χ0) is 14.0. The standard InChI is InChI=1S/C13H11BrF3NS/c1-18-10(6-7-2-5-11(14)19-7)8-3-4-9(15)13(17)12(8)16/h2-5,10,18H,6H2,1H3. The second-order valence-corrected chi connectivity index (χ2v) is 6.56. The fraction of sp³-hybridized carbons (Fsp3) is 0.231. The quantitative estimate of drug-likeness (QED) is 0.805. The van der Waals surface area contributed by atoms with Gasteiger partial charge < -0.3 is 5.32 Å². The summed E-state index contributed by atoms with van der Waals surface area (Å²) in [6.07, 6.45) is 0.509. The molecule has 0 aliphatic carbocycles. The third kappa shape index (κ3) is 3.19. The lowest BCUT2D eigenvalue weighted by molar-refractivity contribution is 0.429. The van der Waals surface area contributed by atoms with Crippen LogP contribution in [0.1, 0.15) is 16.5 Å². The first-order chi connectivity index (χ1) is 9.02. The number of thiophene rings is 1. The Kier molecular flexibility index (Phi) is 4.65. The molecule has 1 nitrogen and oxygen atoms in total. The normalized spacial score (nSPS) is 12.7. The summed E-state index contributed by atoms with van der Waals surface area (Å²) >= 11 is 4.88. The summed E-state index contributed by atoms with van der Waals surface area (Å²) in [4.78, 5) is 1.02. The summed E-state index contributed by atoms with van der Waals surface area (Å²) in [5, 5.41) is 2.93. The summed E-state index contributed by atoms with van der Waals surface area (Å²) in [6, 6.07) is 5.63. The zero-order valence-corrected chi connectivity index (χ0v) is 12.4. The molecule has 6 heteroatoms. The second kappa shape index (κ2) is 6.07. The third-order valence-electron chi connectivity index (χ3n) is 2.82. The van der Waals surface area contributed by atoms with Gasteiger partial charge in [0.2, 0.25) is 0 Å². The van der Waals surface area contributed by atoms with Crippen molar-refractivity contribution >= 4 is 27.3 Å². The number of nitrogens with one attached hydrogen (secondary N) is 1. The Morgan fingerprint density at radius 2 is 1.89 bits per heavy atom. The van der Waals surface area contributed by atoms with Crippen LogP contribution in [0.4, 0.5) is 13.2 Å². The molecule has 0 saturated carbocycles. The van der Waals surface area contributed by atoms with Gasteiger partial charge in [0.05, 0.1) is 3.79 Å². The van der Waals surface area contributed by atoms with E-state index in [0.29, 0.717) is 6.42 Å². The molecule has 0 amide bonds. The van der Waals surface area contributed by atoms with Gasteiger partial charge in [0, 0.05) is 22.9 Å². The Balaban J connectivity index is 2.29. The van der Waals surface area contributed by atoms with E-state index in [-0.39, 0.29) is 5.56 Å². The molecule has 1 aromatic carbocycles. The van der Waals surface area contributed by atoms with Gasteiger partial charge in [-0.05, 0) is 41.2 Å². The number of likely N-dealkylation sites (N-methyl/N-ethyl adjacent to an activating group) is 1. The van der Waals surface area contributed by atoms with E-state index in [4.69, 9.17) is 0 Å². The number of hydrogen-bond donors (Lipinski definition) is 1. The van der Waals surface area contributed by atoms with Crippen molar-refractivity contribution in [1.29, 1.82) is 0 Å². The van der Waals surface area contributed by atoms with E-state index in [0.717, 1.165) is 14.7 Å². The highest BCUT2D eigenvalue weighted by molar-refractivity contribution is 9.11. The van der Waals surface area contributed by atoms with Crippen LogP contribution in [-0.2, 0) is 6.42 Å². The van der Waals surface area contributed by atoms with E-state index in [2.05, 4.69) is 21.2 Å². The maximum absolute atomic E-state index is 13.7. The third-order valence-corrected chi connectivity index (χ3v) is 4.47. The Bertz CT molecular complexity index is 585. The largest absolute Gasteiger partial charge is 0.313 e. The molecule has 0 spiro atoms. The van der Waals surface area contributed by atoms with E-state index in [1.807, 2.05) is 12.1 Å². The Morgan fingerprint density at radius 1 is 1.16 bits per heavy atom. The predicted molar refractivity (Wildman–Crippen MR) is 73.8 cm³/mol. The molecule has 2 rings (SSSR count). The van der Waals surface area contributed by atoms with Gasteiger partial charge in [-0.1, -0.05) is 6.07 Å². The van der Waals surface area contributed by atoms with E-state index in [9.17, 15) is 13.2 Å². The monoisotopic (exact) mass is 349 g/mol. The highest BCUT2D eigenvalue weighted by Crippen LogP contribution is 2.28. The fourth-order valence-corrected chi connectivity index (χ4v) is 3.37. The summed E-state index contributed by atoms with van der Waals surface area (Å²) in [7, 11) is 1.66. The zero-order valence-electron chi connectivity index (χ0n) is 10.0. The Hall–Kier alpha value is -0.850. The first-order valence-electron chi connectivity index (χ1n) is 5.57. The van der Waals surface area contributed by atoms with Crippen LogP contribution < -0.4 is 5.32 Å². The van der Waals surface area contributed by atoms with Crippen molar-refractivity contribution in [3.63, 3.8) is 0 Å². The molecule has 102 valence electrons. The molecule has 0 bridgehead atoms. The molecule has 2 aromatic rings. The van der Waals surface area contributed by atoms with Gasteiger partial charge in [0.1, 0.15) is 0 Å². The topological polar surface area (TPSA) is 12.0 Å². The highest BCUT2D eigenvalue weighted by Gasteiger charge is 2.20. The Morgan fingerprint density at radius 3 is 2.47 bits per heavy atom. The molecule has 19 heavy (non-hydrogen) atoms. The van der Waals surface area contributed by atoms with Crippen molar-refractivity contribution < 1.29 is 13.2 Å². The molecule has 1 heterocycles. The van der Waals surface area contributed by atoms with Crippen LogP contribution in [0.5, 0.6) is 0 Å². The van der Waals surface area contributed by atoms with E-state index >= 15 is 0 Å². The molecule has 1 N–H and O–H groups in total. The molecule has 1 unspecified atom stereocenters. The predicted octanol–water partition coefficient (Wildman–Crippen LogP) is 4.43. The maximum atomic E-state index is 13.7. The van der Waals surface area contributed by atoms with Crippen molar-refractivity contribution in [2.45, 2.75) is 12.5 Å². The minimum absolute atomic E-state index is 0.130. The molecular weight excluding hydrogens is 339 g/mol. The molecule has 0 radical (unpaired) electrons. The van der Waals surface area contributed by atoms with Gasteiger partial charge in [0.25, 0.3) is 0 Å². The van der Waals surface area contributed by atoms with Crippen LogP contribution in [0.3, 0.4) is 0 Å². The van der Waals surface area contributed by atoms with Crippen LogP contribution in [0.2, 0.25) is 0 Å². The van der Waals surface area contributed by atoms with Gasteiger partial charge in [-0.3, -0.25) is 0 Å². The van der Waals surface area contributed by atoms with Crippen molar-refractivity contribution in [3.05, 3.63) is 55.9 Å². The molecule has 0 aliphatic rings. The number of benzene rings is 1. The van der Waals surface area contributed by atoms with Crippen molar-refractivity contribution in [3.8, 4) is 0 Å². The first kappa shape index (κ1) is 14.6. The highest BCUT2D eigenvalue weighted by atomic mass is 79.9. The number of rotatable bonds is 4. The molecule has 1 atom stereocenters. The van der Waals surface area contributed by atoms with Crippen LogP contribution in [0.15, 0.2) is 28.1 Å². The molecule has 1 aromatic heterocycles. The van der Waals surface area contributed by atoms with Gasteiger partial charge in [-0.25, -0.2) is 13.2 Å². The molecule has 0 fully saturated rings. The van der Waals surface area contributed by atoms with Crippen molar-refractivity contribution in [2.75, 3.05) is 7.05 Å². The average molecular weight is 350 g/mol. The van der Waals surface area contributed by atoms with Gasteiger partial charge in [0.15, 0.2) is 17.5 Å². The minimum atomic E-state index is -1.43. The minimum Gasteiger partial charge on any atom is -0.313 e. The summed E-state index contributed by atoms with van der Waals surface area (Å²) in [5.41, 5.74) is 0.130. The smallest absolute Gasteiger partial charge is 0.194 e. The van der Waals surface area contributed by atoms with E-state index in [1.165, 1.54) is 17.4 Å². The molecular formula is C13H11BrF3NS.